The predicted octanol–water partition coefficient (Wildman–Crippen LogP) is 7.31. The summed E-state index contributed by atoms with van der Waals surface area (Å²) in [6.45, 7) is 13.7. The average molecular weight is 279 g/mol. The smallest absolute Gasteiger partial charge is 0.0288 e. The topological polar surface area (TPSA) is 0 Å². The Balaban J connectivity index is 3.60. The molecule has 0 saturated carbocycles. The van der Waals surface area contributed by atoms with Crippen molar-refractivity contribution in [3.05, 3.63) is 23.3 Å². The summed E-state index contributed by atoms with van der Waals surface area (Å²) in [4.78, 5) is 0. The Hall–Kier alpha value is -0.520. The van der Waals surface area contributed by atoms with Gasteiger partial charge in [-0.05, 0) is 58.3 Å². The molecule has 0 N–H and O–H groups in total. The number of allylic oxidation sites excluding steroid dienone is 4. The molecule has 118 valence electrons. The minimum absolute atomic E-state index is 0.869. The quantitative estimate of drug-likeness (QED) is 0.274. The average Bonchev–Trinajstić information content (AvgIpc) is 2.33. The Bertz CT molecular complexity index is 276. The van der Waals surface area contributed by atoms with Crippen LogP contribution in [0.15, 0.2) is 23.3 Å². The maximum atomic E-state index is 2.46. The van der Waals surface area contributed by atoms with E-state index in [1.54, 1.807) is 5.57 Å². The zero-order chi connectivity index (χ0) is 15.4. The lowest BCUT2D eigenvalue weighted by atomic mass is 9.95. The lowest BCUT2D eigenvalue weighted by molar-refractivity contribution is 0.428. The maximum Gasteiger partial charge on any atom is -0.0288 e. The fourth-order valence-corrected chi connectivity index (χ4v) is 2.52. The highest BCUT2D eigenvalue weighted by Crippen LogP contribution is 2.18. The molecule has 0 radical (unpaired) electrons. The summed E-state index contributed by atoms with van der Waals surface area (Å²) in [5.41, 5.74) is 3.00. The van der Waals surface area contributed by atoms with Crippen LogP contribution in [0.3, 0.4) is 0 Å². The van der Waals surface area contributed by atoms with Crippen LogP contribution in [0.25, 0.3) is 0 Å². The predicted molar refractivity (Wildman–Crippen MR) is 94.1 cm³/mol. The van der Waals surface area contributed by atoms with Gasteiger partial charge in [-0.1, -0.05) is 69.8 Å². The van der Waals surface area contributed by atoms with E-state index in [1.807, 2.05) is 0 Å². The third-order valence-corrected chi connectivity index (χ3v) is 3.96. The Kier molecular flexibility index (Phi) is 11.9. The monoisotopic (exact) mass is 278 g/mol. The van der Waals surface area contributed by atoms with Crippen molar-refractivity contribution in [3.8, 4) is 0 Å². The Morgan fingerprint density at radius 2 is 1.45 bits per heavy atom. The molecule has 0 heterocycles. The SMILES string of the molecule is CC(C)=CCC/C(C)=C/CCCC(C)CCCC(C)C. The third-order valence-electron chi connectivity index (χ3n) is 3.96. The van der Waals surface area contributed by atoms with Crippen molar-refractivity contribution >= 4 is 0 Å². The molecule has 0 nitrogen and oxygen atoms in total. The first kappa shape index (κ1) is 19.5. The first-order valence-corrected chi connectivity index (χ1v) is 8.70. The van der Waals surface area contributed by atoms with Crippen LogP contribution >= 0.6 is 0 Å². The van der Waals surface area contributed by atoms with E-state index < -0.39 is 0 Å². The molecule has 0 aliphatic rings. The van der Waals surface area contributed by atoms with Gasteiger partial charge in [0, 0.05) is 0 Å². The summed E-state index contributed by atoms with van der Waals surface area (Å²) >= 11 is 0. The molecule has 0 spiro atoms. The van der Waals surface area contributed by atoms with Gasteiger partial charge in [-0.25, -0.2) is 0 Å². The number of unbranched alkanes of at least 4 members (excludes halogenated alkanes) is 1. The molecular formula is C20H38. The van der Waals surface area contributed by atoms with Gasteiger partial charge in [0.1, 0.15) is 0 Å². The van der Waals surface area contributed by atoms with Crippen LogP contribution in [0, 0.1) is 11.8 Å². The standard InChI is InChI=1S/C20H38/c1-17(2)11-9-15-19(5)13-7-8-14-20(6)16-10-12-18(3)4/h11,13,18,20H,7-10,12,14-16H2,1-6H3/b19-13+. The van der Waals surface area contributed by atoms with Crippen LogP contribution in [0.2, 0.25) is 0 Å². The molecule has 0 aliphatic carbocycles. The van der Waals surface area contributed by atoms with E-state index in [4.69, 9.17) is 0 Å². The highest BCUT2D eigenvalue weighted by molar-refractivity contribution is 5.02. The van der Waals surface area contributed by atoms with Crippen LogP contribution in [0.5, 0.6) is 0 Å². The van der Waals surface area contributed by atoms with Gasteiger partial charge in [0.2, 0.25) is 0 Å². The van der Waals surface area contributed by atoms with Gasteiger partial charge in [0.15, 0.2) is 0 Å². The lowest BCUT2D eigenvalue weighted by Gasteiger charge is -2.11. The molecule has 1 unspecified atom stereocenters. The van der Waals surface area contributed by atoms with Crippen molar-refractivity contribution in [3.63, 3.8) is 0 Å². The fraction of sp³-hybridized carbons (Fsp3) is 0.800. The molecule has 0 bridgehead atoms. The molecule has 0 aromatic rings. The summed E-state index contributed by atoms with van der Waals surface area (Å²) in [6.07, 6.45) is 15.5. The maximum absolute atomic E-state index is 2.46. The second-order valence-corrected chi connectivity index (χ2v) is 7.23. The van der Waals surface area contributed by atoms with E-state index in [2.05, 4.69) is 53.7 Å². The number of rotatable bonds is 11. The molecule has 0 aliphatic heterocycles. The molecule has 0 aromatic heterocycles. The van der Waals surface area contributed by atoms with Crippen molar-refractivity contribution in [2.75, 3.05) is 0 Å². The van der Waals surface area contributed by atoms with E-state index in [1.165, 1.54) is 56.9 Å². The second kappa shape index (κ2) is 12.2. The lowest BCUT2D eigenvalue weighted by Crippen LogP contribution is -1.96. The molecule has 20 heavy (non-hydrogen) atoms. The van der Waals surface area contributed by atoms with Gasteiger partial charge in [-0.3, -0.25) is 0 Å². The van der Waals surface area contributed by atoms with Gasteiger partial charge >= 0.3 is 0 Å². The molecule has 0 aromatic carbocycles. The van der Waals surface area contributed by atoms with Crippen molar-refractivity contribution < 1.29 is 0 Å². The van der Waals surface area contributed by atoms with E-state index in [-0.39, 0.29) is 0 Å². The summed E-state index contributed by atoms with van der Waals surface area (Å²) in [6, 6.07) is 0. The highest BCUT2D eigenvalue weighted by Gasteiger charge is 2.02. The summed E-state index contributed by atoms with van der Waals surface area (Å²) in [7, 11) is 0. The second-order valence-electron chi connectivity index (χ2n) is 7.23. The number of hydrogen-bond donors (Lipinski definition) is 0. The summed E-state index contributed by atoms with van der Waals surface area (Å²) in [5, 5.41) is 0. The first-order valence-electron chi connectivity index (χ1n) is 8.70. The van der Waals surface area contributed by atoms with Gasteiger partial charge < -0.3 is 0 Å². The van der Waals surface area contributed by atoms with Crippen molar-refractivity contribution in [1.82, 2.24) is 0 Å². The van der Waals surface area contributed by atoms with Crippen molar-refractivity contribution in [2.24, 2.45) is 11.8 Å². The van der Waals surface area contributed by atoms with Crippen LogP contribution in [-0.4, -0.2) is 0 Å². The molecule has 0 fully saturated rings. The normalized spacial score (nSPS) is 13.7. The first-order chi connectivity index (χ1) is 9.41. The van der Waals surface area contributed by atoms with Crippen LogP contribution < -0.4 is 0 Å². The van der Waals surface area contributed by atoms with Gasteiger partial charge in [0.25, 0.3) is 0 Å². The van der Waals surface area contributed by atoms with Crippen LogP contribution in [0.4, 0.5) is 0 Å². The highest BCUT2D eigenvalue weighted by atomic mass is 14.1. The van der Waals surface area contributed by atoms with E-state index in [0.29, 0.717) is 0 Å². The van der Waals surface area contributed by atoms with E-state index in [0.717, 1.165) is 11.8 Å². The summed E-state index contributed by atoms with van der Waals surface area (Å²) < 4.78 is 0. The molecule has 0 heteroatoms. The zero-order valence-electron chi connectivity index (χ0n) is 15.0. The third kappa shape index (κ3) is 13.9. The fourth-order valence-electron chi connectivity index (χ4n) is 2.52. The Morgan fingerprint density at radius 3 is 2.05 bits per heavy atom. The van der Waals surface area contributed by atoms with Crippen molar-refractivity contribution in [1.29, 1.82) is 0 Å². The zero-order valence-corrected chi connectivity index (χ0v) is 15.0. The molecule has 0 saturated heterocycles. The van der Waals surface area contributed by atoms with Gasteiger partial charge in [0.05, 0.1) is 0 Å². The van der Waals surface area contributed by atoms with E-state index in [9.17, 15) is 0 Å². The molecule has 1 atom stereocenters. The molecule has 0 amide bonds. The number of hydrogen-bond acceptors (Lipinski definition) is 0. The minimum atomic E-state index is 0.869. The van der Waals surface area contributed by atoms with Gasteiger partial charge in [-0.2, -0.15) is 0 Å². The molecule has 0 rings (SSSR count). The van der Waals surface area contributed by atoms with Crippen molar-refractivity contribution in [2.45, 2.75) is 92.9 Å². The Morgan fingerprint density at radius 1 is 0.800 bits per heavy atom. The van der Waals surface area contributed by atoms with Crippen LogP contribution in [-0.2, 0) is 0 Å². The Labute approximate surface area is 128 Å². The molecular weight excluding hydrogens is 240 g/mol. The minimum Gasteiger partial charge on any atom is -0.0856 e. The largest absolute Gasteiger partial charge is 0.0856 e. The van der Waals surface area contributed by atoms with Crippen LogP contribution in [0.1, 0.15) is 92.9 Å². The van der Waals surface area contributed by atoms with Gasteiger partial charge in [-0.15, -0.1) is 0 Å². The van der Waals surface area contributed by atoms with E-state index >= 15 is 0 Å². The summed E-state index contributed by atoms with van der Waals surface area (Å²) in [5.74, 6) is 1.78.